The summed E-state index contributed by atoms with van der Waals surface area (Å²) in [6, 6.07) is 16.3. The highest BCUT2D eigenvalue weighted by atomic mass is 28.3. The predicted octanol–water partition coefficient (Wildman–Crippen LogP) is 3.69. The summed E-state index contributed by atoms with van der Waals surface area (Å²) in [5, 5.41) is 10.1. The number of ether oxygens (including phenoxy) is 1. The van der Waals surface area contributed by atoms with Crippen LogP contribution in [0.25, 0.3) is 10.9 Å². The number of aromatic amines is 1. The first-order valence-electron chi connectivity index (χ1n) is 7.20. The molecule has 0 radical (unpaired) electrons. The molecule has 3 rings (SSSR count). The highest BCUT2D eigenvalue weighted by molar-refractivity contribution is 6.89. The molecule has 0 unspecified atom stereocenters. The van der Waals surface area contributed by atoms with Crippen LogP contribution in [0, 0.1) is 0 Å². The van der Waals surface area contributed by atoms with Gasteiger partial charge in [0.05, 0.1) is 10.9 Å². The van der Waals surface area contributed by atoms with E-state index < -0.39 is 8.07 Å². The van der Waals surface area contributed by atoms with Gasteiger partial charge in [-0.2, -0.15) is 5.10 Å². The van der Waals surface area contributed by atoms with Crippen molar-refractivity contribution in [1.29, 1.82) is 0 Å². The number of aromatic nitrogens is 2. The van der Waals surface area contributed by atoms with E-state index in [0.29, 0.717) is 6.61 Å². The quantitative estimate of drug-likeness (QED) is 0.746. The van der Waals surface area contributed by atoms with Crippen LogP contribution in [0.1, 0.15) is 5.56 Å². The fraction of sp³-hybridized carbons (Fsp3) is 0.235. The predicted molar refractivity (Wildman–Crippen MR) is 89.8 cm³/mol. The van der Waals surface area contributed by atoms with E-state index in [9.17, 15) is 0 Å². The molecule has 0 amide bonds. The molecule has 0 bridgehead atoms. The minimum Gasteiger partial charge on any atom is -0.488 e. The first-order valence-corrected chi connectivity index (χ1v) is 10.7. The molecule has 0 atom stereocenters. The Labute approximate surface area is 126 Å². The van der Waals surface area contributed by atoms with Crippen molar-refractivity contribution in [2.75, 3.05) is 0 Å². The standard InChI is InChI=1S/C17H20N2OSi/c1-21(2,3)17-16-14(18-19-17)10-7-11-15(16)20-12-13-8-5-4-6-9-13/h4-11H,12H2,1-3H3,(H,18,19). The molecule has 1 N–H and O–H groups in total. The molecule has 4 heteroatoms. The minimum absolute atomic E-state index is 0.580. The summed E-state index contributed by atoms with van der Waals surface area (Å²) in [6.07, 6.45) is 0. The molecule has 0 aliphatic carbocycles. The number of nitrogens with zero attached hydrogens (tertiary/aromatic N) is 1. The molecule has 0 spiro atoms. The molecule has 0 saturated carbocycles. The Kier molecular flexibility index (Phi) is 3.55. The van der Waals surface area contributed by atoms with Gasteiger partial charge >= 0.3 is 0 Å². The van der Waals surface area contributed by atoms with Crippen LogP contribution in [0.3, 0.4) is 0 Å². The maximum Gasteiger partial charge on any atom is 0.130 e. The van der Waals surface area contributed by atoms with E-state index in [-0.39, 0.29) is 0 Å². The van der Waals surface area contributed by atoms with Gasteiger partial charge in [-0.15, -0.1) is 0 Å². The summed E-state index contributed by atoms with van der Waals surface area (Å²) in [5.41, 5.74) is 2.16. The van der Waals surface area contributed by atoms with Crippen molar-refractivity contribution in [3.05, 3.63) is 54.1 Å². The third kappa shape index (κ3) is 2.85. The lowest BCUT2D eigenvalue weighted by Crippen LogP contribution is -2.39. The van der Waals surface area contributed by atoms with Crippen LogP contribution < -0.4 is 10.1 Å². The van der Waals surface area contributed by atoms with Crippen molar-refractivity contribution in [2.24, 2.45) is 0 Å². The van der Waals surface area contributed by atoms with E-state index in [4.69, 9.17) is 4.74 Å². The van der Waals surface area contributed by atoms with E-state index >= 15 is 0 Å². The maximum atomic E-state index is 6.06. The van der Waals surface area contributed by atoms with Gasteiger partial charge in [0.2, 0.25) is 0 Å². The number of H-pyrrole nitrogens is 1. The Morgan fingerprint density at radius 1 is 1.00 bits per heavy atom. The Hall–Kier alpha value is -2.07. The van der Waals surface area contributed by atoms with Crippen LogP contribution in [-0.2, 0) is 6.61 Å². The molecule has 0 fully saturated rings. The largest absolute Gasteiger partial charge is 0.488 e. The number of fused-ring (bicyclic) bond motifs is 1. The van der Waals surface area contributed by atoms with Gasteiger partial charge in [-0.05, 0) is 17.7 Å². The third-order valence-electron chi connectivity index (χ3n) is 3.53. The van der Waals surface area contributed by atoms with Crippen LogP contribution in [0.2, 0.25) is 19.6 Å². The van der Waals surface area contributed by atoms with Crippen molar-refractivity contribution in [3.63, 3.8) is 0 Å². The van der Waals surface area contributed by atoms with E-state index in [0.717, 1.165) is 16.7 Å². The highest BCUT2D eigenvalue weighted by Gasteiger charge is 2.24. The molecule has 0 aliphatic heterocycles. The number of rotatable bonds is 4. The molecule has 21 heavy (non-hydrogen) atoms. The number of benzene rings is 2. The molecular formula is C17H20N2OSi. The van der Waals surface area contributed by atoms with Gasteiger partial charge in [0.1, 0.15) is 20.4 Å². The van der Waals surface area contributed by atoms with Crippen LogP contribution in [-0.4, -0.2) is 18.3 Å². The molecule has 1 aromatic heterocycles. The minimum atomic E-state index is -1.48. The van der Waals surface area contributed by atoms with Crippen molar-refractivity contribution in [2.45, 2.75) is 26.2 Å². The lowest BCUT2D eigenvalue weighted by molar-refractivity contribution is 0.310. The third-order valence-corrected chi connectivity index (χ3v) is 5.39. The van der Waals surface area contributed by atoms with Gasteiger partial charge in [-0.25, -0.2) is 0 Å². The summed E-state index contributed by atoms with van der Waals surface area (Å²) in [6.45, 7) is 7.52. The lowest BCUT2D eigenvalue weighted by Gasteiger charge is -2.16. The van der Waals surface area contributed by atoms with Gasteiger partial charge in [0.25, 0.3) is 0 Å². The summed E-state index contributed by atoms with van der Waals surface area (Å²) in [7, 11) is -1.48. The zero-order valence-corrected chi connectivity index (χ0v) is 13.7. The fourth-order valence-corrected chi connectivity index (χ4v) is 3.83. The van der Waals surface area contributed by atoms with Crippen LogP contribution in [0.15, 0.2) is 48.5 Å². The van der Waals surface area contributed by atoms with Crippen LogP contribution >= 0.6 is 0 Å². The van der Waals surface area contributed by atoms with E-state index in [1.165, 1.54) is 10.9 Å². The number of hydrogen-bond donors (Lipinski definition) is 1. The normalized spacial score (nSPS) is 11.8. The van der Waals surface area contributed by atoms with Gasteiger partial charge in [0.15, 0.2) is 0 Å². The molecule has 3 aromatic rings. The average molecular weight is 296 g/mol. The number of nitrogens with one attached hydrogen (secondary N) is 1. The monoisotopic (exact) mass is 296 g/mol. The van der Waals surface area contributed by atoms with E-state index in [1.54, 1.807) is 0 Å². The molecule has 0 aliphatic rings. The SMILES string of the molecule is C[Si](C)(C)c1[nH]nc2cccc(OCc3ccccc3)c12. The van der Waals surface area contributed by atoms with E-state index in [1.807, 2.05) is 36.4 Å². The molecule has 0 saturated heterocycles. The Bertz CT molecular complexity index is 744. The molecular weight excluding hydrogens is 276 g/mol. The Morgan fingerprint density at radius 3 is 2.48 bits per heavy atom. The molecule has 1 heterocycles. The topological polar surface area (TPSA) is 37.9 Å². The van der Waals surface area contributed by atoms with Crippen molar-refractivity contribution in [3.8, 4) is 5.75 Å². The van der Waals surface area contributed by atoms with Crippen LogP contribution in [0.4, 0.5) is 0 Å². The molecule has 2 aromatic carbocycles. The van der Waals surface area contributed by atoms with Gasteiger partial charge in [-0.3, -0.25) is 5.10 Å². The zero-order valence-electron chi connectivity index (χ0n) is 12.7. The number of hydrogen-bond acceptors (Lipinski definition) is 2. The van der Waals surface area contributed by atoms with Gasteiger partial charge < -0.3 is 4.74 Å². The molecule has 108 valence electrons. The zero-order chi connectivity index (χ0) is 14.9. The fourth-order valence-electron chi connectivity index (χ4n) is 2.43. The second-order valence-electron chi connectivity index (χ2n) is 6.27. The second kappa shape index (κ2) is 5.37. The van der Waals surface area contributed by atoms with Gasteiger partial charge in [0, 0.05) is 5.32 Å². The smallest absolute Gasteiger partial charge is 0.130 e. The summed E-state index contributed by atoms with van der Waals surface area (Å²) in [4.78, 5) is 0. The first-order chi connectivity index (χ1) is 10.1. The Morgan fingerprint density at radius 2 is 1.76 bits per heavy atom. The van der Waals surface area contributed by atoms with Gasteiger partial charge in [-0.1, -0.05) is 56.0 Å². The Balaban J connectivity index is 1.97. The second-order valence-corrected chi connectivity index (χ2v) is 11.3. The highest BCUT2D eigenvalue weighted by Crippen LogP contribution is 2.25. The van der Waals surface area contributed by atoms with Crippen molar-refractivity contribution >= 4 is 24.3 Å². The first kappa shape index (κ1) is 13.9. The van der Waals surface area contributed by atoms with Crippen molar-refractivity contribution < 1.29 is 4.74 Å². The average Bonchev–Trinajstić information content (AvgIpc) is 2.91. The summed E-state index contributed by atoms with van der Waals surface area (Å²) in [5.74, 6) is 0.919. The van der Waals surface area contributed by atoms with Crippen molar-refractivity contribution in [1.82, 2.24) is 10.2 Å². The van der Waals surface area contributed by atoms with Crippen LogP contribution in [0.5, 0.6) is 5.75 Å². The summed E-state index contributed by atoms with van der Waals surface area (Å²) >= 11 is 0. The molecule has 3 nitrogen and oxygen atoms in total. The van der Waals surface area contributed by atoms with E-state index in [2.05, 4.69) is 42.0 Å². The maximum absolute atomic E-state index is 6.06. The lowest BCUT2D eigenvalue weighted by atomic mass is 10.2. The summed E-state index contributed by atoms with van der Waals surface area (Å²) < 4.78 is 6.06.